The summed E-state index contributed by atoms with van der Waals surface area (Å²) in [6, 6.07) is -4.44. The maximum atomic E-state index is 13.1. The van der Waals surface area contributed by atoms with Gasteiger partial charge in [-0.15, -0.1) is 0 Å². The highest BCUT2D eigenvalue weighted by molar-refractivity contribution is 5.94. The number of H-pyrrole nitrogens is 1. The first-order valence-electron chi connectivity index (χ1n) is 11.0. The highest BCUT2D eigenvalue weighted by Gasteiger charge is 2.32. The number of carbonyl (C=O) groups excluding carboxylic acids is 3. The quantitative estimate of drug-likeness (QED) is 0.178. The maximum Gasteiger partial charge on any atom is 0.326 e. The Kier molecular flexibility index (Phi) is 11.5. The van der Waals surface area contributed by atoms with Crippen LogP contribution in [0.15, 0.2) is 12.5 Å². The van der Waals surface area contributed by atoms with Crippen LogP contribution in [0.2, 0.25) is 0 Å². The highest BCUT2D eigenvalue weighted by Crippen LogP contribution is 2.11. The number of hydrogen-bond acceptors (Lipinski definition) is 7. The Balaban J connectivity index is 3.05. The molecule has 1 aromatic rings. The molecule has 8 N–H and O–H groups in total. The molecular weight excluding hydrogens is 432 g/mol. The van der Waals surface area contributed by atoms with Crippen LogP contribution in [0.3, 0.4) is 0 Å². The van der Waals surface area contributed by atoms with Crippen LogP contribution in [0.1, 0.15) is 46.2 Å². The number of carboxylic acid groups (broad SMARTS) is 1. The Morgan fingerprint density at radius 2 is 1.67 bits per heavy atom. The van der Waals surface area contributed by atoms with Gasteiger partial charge in [0, 0.05) is 18.3 Å². The van der Waals surface area contributed by atoms with Crippen LogP contribution in [0.4, 0.5) is 0 Å². The summed E-state index contributed by atoms with van der Waals surface area (Å²) in [7, 11) is 0. The first-order chi connectivity index (χ1) is 15.5. The summed E-state index contributed by atoms with van der Waals surface area (Å²) >= 11 is 0. The van der Waals surface area contributed by atoms with Gasteiger partial charge in [0.1, 0.15) is 24.2 Å². The molecule has 0 fully saturated rings. The van der Waals surface area contributed by atoms with Crippen LogP contribution in [0.5, 0.6) is 0 Å². The first-order valence-corrected chi connectivity index (χ1v) is 11.0. The molecule has 0 aliphatic rings. The number of carbonyl (C=O) groups is 4. The van der Waals surface area contributed by atoms with E-state index in [0.29, 0.717) is 12.1 Å². The molecule has 1 heterocycles. The van der Waals surface area contributed by atoms with Crippen LogP contribution in [-0.4, -0.2) is 74.6 Å². The number of rotatable bonds is 14. The fraction of sp³-hybridized carbons (Fsp3) is 0.667. The summed E-state index contributed by atoms with van der Waals surface area (Å²) in [4.78, 5) is 56.5. The van der Waals surface area contributed by atoms with Gasteiger partial charge in [-0.25, -0.2) is 9.78 Å². The number of aliphatic hydroxyl groups excluding tert-OH is 1. The Bertz CT molecular complexity index is 784. The van der Waals surface area contributed by atoms with Gasteiger partial charge in [-0.1, -0.05) is 34.1 Å². The normalized spacial score (nSPS) is 15.7. The van der Waals surface area contributed by atoms with E-state index < -0.39 is 54.5 Å². The van der Waals surface area contributed by atoms with Crippen molar-refractivity contribution in [3.8, 4) is 0 Å². The van der Waals surface area contributed by atoms with E-state index in [1.807, 2.05) is 20.8 Å². The first kappa shape index (κ1) is 28.0. The fourth-order valence-corrected chi connectivity index (χ4v) is 3.10. The van der Waals surface area contributed by atoms with E-state index in [4.69, 9.17) is 10.8 Å². The number of hydrogen-bond donors (Lipinski definition) is 7. The van der Waals surface area contributed by atoms with Crippen molar-refractivity contribution in [1.82, 2.24) is 25.9 Å². The van der Waals surface area contributed by atoms with Crippen molar-refractivity contribution in [1.29, 1.82) is 0 Å². The second-order valence-corrected chi connectivity index (χ2v) is 8.53. The smallest absolute Gasteiger partial charge is 0.326 e. The lowest BCUT2D eigenvalue weighted by atomic mass is 9.97. The van der Waals surface area contributed by atoms with E-state index in [0.717, 1.165) is 0 Å². The third-order valence-corrected chi connectivity index (χ3v) is 5.26. The van der Waals surface area contributed by atoms with E-state index in [1.54, 1.807) is 6.92 Å². The lowest BCUT2D eigenvalue weighted by Gasteiger charge is -2.27. The number of amides is 3. The minimum absolute atomic E-state index is 0.0105. The van der Waals surface area contributed by atoms with Crippen LogP contribution in [0, 0.1) is 11.8 Å². The monoisotopic (exact) mass is 468 g/mol. The van der Waals surface area contributed by atoms with Crippen LogP contribution in [0.25, 0.3) is 0 Å². The predicted octanol–water partition coefficient (Wildman–Crippen LogP) is -1.10. The molecule has 0 aliphatic carbocycles. The molecule has 0 saturated heterocycles. The molecular formula is C21H36N6O6. The van der Waals surface area contributed by atoms with E-state index in [2.05, 4.69) is 25.9 Å². The van der Waals surface area contributed by atoms with Crippen molar-refractivity contribution in [3.05, 3.63) is 18.2 Å². The van der Waals surface area contributed by atoms with Gasteiger partial charge in [-0.3, -0.25) is 14.4 Å². The number of aliphatic hydroxyl groups is 1. The maximum absolute atomic E-state index is 13.1. The average Bonchev–Trinajstić information content (AvgIpc) is 3.27. The van der Waals surface area contributed by atoms with E-state index >= 15 is 0 Å². The number of nitrogens with two attached hydrogens (primary N) is 1. The summed E-state index contributed by atoms with van der Waals surface area (Å²) in [6.07, 6.45) is 3.74. The molecule has 1 aromatic heterocycles. The Morgan fingerprint density at radius 1 is 1.06 bits per heavy atom. The molecule has 0 spiro atoms. The minimum Gasteiger partial charge on any atom is -0.480 e. The van der Waals surface area contributed by atoms with Crippen LogP contribution < -0.4 is 21.7 Å². The van der Waals surface area contributed by atoms with E-state index in [1.165, 1.54) is 12.5 Å². The molecule has 3 amide bonds. The summed E-state index contributed by atoms with van der Waals surface area (Å²) in [5, 5.41) is 26.2. The topological polar surface area (TPSA) is 200 Å². The van der Waals surface area contributed by atoms with Crippen molar-refractivity contribution in [2.24, 2.45) is 17.6 Å². The zero-order valence-electron chi connectivity index (χ0n) is 19.5. The molecule has 1 rings (SSSR count). The van der Waals surface area contributed by atoms with Crippen molar-refractivity contribution in [2.75, 3.05) is 6.61 Å². The molecule has 5 unspecified atom stereocenters. The summed E-state index contributed by atoms with van der Waals surface area (Å²) in [5.41, 5.74) is 6.10. The van der Waals surface area contributed by atoms with Crippen LogP contribution >= 0.6 is 0 Å². The molecule has 12 heteroatoms. The van der Waals surface area contributed by atoms with Gasteiger partial charge >= 0.3 is 5.97 Å². The molecule has 0 saturated carbocycles. The van der Waals surface area contributed by atoms with Crippen molar-refractivity contribution < 1.29 is 29.4 Å². The second kappa shape index (κ2) is 13.5. The van der Waals surface area contributed by atoms with Crippen molar-refractivity contribution in [3.63, 3.8) is 0 Å². The molecule has 0 aliphatic heterocycles. The zero-order chi connectivity index (χ0) is 25.1. The highest BCUT2D eigenvalue weighted by atomic mass is 16.4. The number of nitrogens with zero attached hydrogens (tertiary/aromatic N) is 1. The molecule has 0 aromatic carbocycles. The number of nitrogens with one attached hydrogen (secondary N) is 4. The minimum atomic E-state index is -1.22. The number of aliphatic carboxylic acids is 1. The third-order valence-electron chi connectivity index (χ3n) is 5.26. The van der Waals surface area contributed by atoms with Gasteiger partial charge in [0.15, 0.2) is 0 Å². The molecule has 0 radical (unpaired) electrons. The Morgan fingerprint density at radius 3 is 2.15 bits per heavy atom. The van der Waals surface area contributed by atoms with Gasteiger partial charge in [0.2, 0.25) is 17.7 Å². The summed E-state index contributed by atoms with van der Waals surface area (Å²) in [5.74, 6) is -3.47. The molecule has 186 valence electrons. The fourth-order valence-electron chi connectivity index (χ4n) is 3.10. The number of carboxylic acids is 1. The third kappa shape index (κ3) is 9.18. The van der Waals surface area contributed by atoms with Gasteiger partial charge in [-0.2, -0.15) is 0 Å². The molecule has 0 bridgehead atoms. The number of aromatic nitrogens is 2. The lowest BCUT2D eigenvalue weighted by Crippen LogP contribution is -2.58. The van der Waals surface area contributed by atoms with Gasteiger partial charge in [0.05, 0.1) is 12.9 Å². The largest absolute Gasteiger partial charge is 0.480 e. The zero-order valence-corrected chi connectivity index (χ0v) is 19.5. The van der Waals surface area contributed by atoms with Crippen molar-refractivity contribution in [2.45, 2.75) is 71.1 Å². The Labute approximate surface area is 193 Å². The van der Waals surface area contributed by atoms with Gasteiger partial charge in [0.25, 0.3) is 0 Å². The predicted molar refractivity (Wildman–Crippen MR) is 120 cm³/mol. The van der Waals surface area contributed by atoms with Gasteiger partial charge in [-0.05, 0) is 18.3 Å². The molecule has 5 atom stereocenters. The van der Waals surface area contributed by atoms with Crippen molar-refractivity contribution >= 4 is 23.7 Å². The lowest BCUT2D eigenvalue weighted by molar-refractivity contribution is -0.144. The molecule has 12 nitrogen and oxygen atoms in total. The Hall–Kier alpha value is -2.99. The standard InChI is InChI=1S/C21H36N6O6/c1-5-12(4)17(21(32)33)27-20(31)15(6-11(2)3)26-19(30)16(7-13-8-23-10-24-13)25-18(29)14(22)9-28/h8,10-12,14-17,28H,5-7,9,22H2,1-4H3,(H,23,24)(H,25,29)(H,26,30)(H,27,31)(H,32,33). The summed E-state index contributed by atoms with van der Waals surface area (Å²) in [6.45, 7) is 6.66. The average molecular weight is 469 g/mol. The van der Waals surface area contributed by atoms with E-state index in [9.17, 15) is 24.3 Å². The second-order valence-electron chi connectivity index (χ2n) is 8.53. The number of imidazole rings is 1. The summed E-state index contributed by atoms with van der Waals surface area (Å²) < 4.78 is 0. The number of aromatic amines is 1. The molecule has 33 heavy (non-hydrogen) atoms. The SMILES string of the molecule is CCC(C)C(NC(=O)C(CC(C)C)NC(=O)C(Cc1cnc[nH]1)NC(=O)C(N)CO)C(=O)O. The van der Waals surface area contributed by atoms with E-state index in [-0.39, 0.29) is 24.7 Å². The van der Waals surface area contributed by atoms with Crippen LogP contribution in [-0.2, 0) is 25.6 Å². The van der Waals surface area contributed by atoms with Gasteiger partial charge < -0.3 is 36.9 Å².